The summed E-state index contributed by atoms with van der Waals surface area (Å²) in [6.45, 7) is 3.80. The van der Waals surface area contributed by atoms with Crippen molar-refractivity contribution >= 4 is 45.0 Å². The summed E-state index contributed by atoms with van der Waals surface area (Å²) < 4.78 is 8.44. The predicted molar refractivity (Wildman–Crippen MR) is 135 cm³/mol. The van der Waals surface area contributed by atoms with E-state index < -0.39 is 12.0 Å². The van der Waals surface area contributed by atoms with Crippen molar-refractivity contribution < 1.29 is 9.53 Å². The highest BCUT2D eigenvalue weighted by Crippen LogP contribution is 2.31. The molecule has 0 aliphatic carbocycles. The molecule has 1 aliphatic heterocycles. The predicted octanol–water partition coefficient (Wildman–Crippen LogP) is 3.63. The molecule has 0 N–H and O–H groups in total. The first kappa shape index (κ1) is 23.2. The summed E-state index contributed by atoms with van der Waals surface area (Å²) in [6.07, 6.45) is 1.85. The van der Waals surface area contributed by atoms with E-state index in [0.717, 1.165) is 21.3 Å². The largest absolute Gasteiger partial charge is 0.463 e. The zero-order chi connectivity index (χ0) is 23.7. The molecule has 0 amide bonds. The van der Waals surface area contributed by atoms with Gasteiger partial charge in [-0.2, -0.15) is 0 Å². The molecule has 8 heteroatoms. The lowest BCUT2D eigenvalue weighted by molar-refractivity contribution is -0.139. The Morgan fingerprint density at radius 1 is 1.24 bits per heavy atom. The van der Waals surface area contributed by atoms with Gasteiger partial charge in [0.1, 0.15) is 0 Å². The fourth-order valence-electron chi connectivity index (χ4n) is 3.81. The maximum atomic E-state index is 13.6. The zero-order valence-electron chi connectivity index (χ0n) is 18.8. The number of halogens is 1. The molecule has 0 radical (unpaired) electrons. The smallest absolute Gasteiger partial charge is 0.338 e. The number of fused-ring (bicyclic) bond motifs is 1. The maximum Gasteiger partial charge on any atom is 0.338 e. The Hall–Kier alpha value is -2.97. The van der Waals surface area contributed by atoms with Crippen molar-refractivity contribution in [1.29, 1.82) is 0 Å². The number of nitrogens with zero attached hydrogens (tertiary/aromatic N) is 3. The fraction of sp³-hybridized carbons (Fsp3) is 0.240. The minimum Gasteiger partial charge on any atom is -0.463 e. The van der Waals surface area contributed by atoms with Gasteiger partial charge in [0.05, 0.1) is 28.5 Å². The van der Waals surface area contributed by atoms with Gasteiger partial charge in [0.2, 0.25) is 0 Å². The molecule has 6 nitrogen and oxygen atoms in total. The van der Waals surface area contributed by atoms with Crippen molar-refractivity contribution in [3.05, 3.63) is 95.1 Å². The molecular formula is C25H24BrN3O3S. The number of carbonyl (C=O) groups is 1. The second kappa shape index (κ2) is 9.49. The van der Waals surface area contributed by atoms with Crippen LogP contribution < -0.4 is 19.8 Å². The second-order valence-corrected chi connectivity index (χ2v) is 9.77. The van der Waals surface area contributed by atoms with Gasteiger partial charge in [0, 0.05) is 24.3 Å². The van der Waals surface area contributed by atoms with Crippen molar-refractivity contribution in [2.24, 2.45) is 4.99 Å². The number of esters is 1. The fourth-order valence-corrected chi connectivity index (χ4v) is 5.27. The Kier molecular flexibility index (Phi) is 6.67. The first-order chi connectivity index (χ1) is 15.8. The lowest BCUT2D eigenvalue weighted by Crippen LogP contribution is -2.39. The van der Waals surface area contributed by atoms with Crippen LogP contribution in [0.25, 0.3) is 6.08 Å². The van der Waals surface area contributed by atoms with E-state index in [0.29, 0.717) is 20.6 Å². The standard InChI is InChI=1S/C25H24BrN3O3S/c1-5-32-24(31)21-15(2)27-25-29(22(21)17-9-11-19(12-10-17)28(3)4)23(30)20(33-25)14-16-7-6-8-18(26)13-16/h6-14,22H,5H2,1-4H3/b20-14-/t22-/m0/s1. The second-order valence-electron chi connectivity index (χ2n) is 7.84. The molecule has 170 valence electrons. The van der Waals surface area contributed by atoms with Gasteiger partial charge in [-0.05, 0) is 55.3 Å². The number of anilines is 1. The van der Waals surface area contributed by atoms with Crippen molar-refractivity contribution in [3.8, 4) is 0 Å². The van der Waals surface area contributed by atoms with Crippen LogP contribution in [0.1, 0.15) is 31.0 Å². The van der Waals surface area contributed by atoms with Gasteiger partial charge in [0.25, 0.3) is 5.56 Å². The van der Waals surface area contributed by atoms with Gasteiger partial charge < -0.3 is 9.64 Å². The Labute approximate surface area is 204 Å². The molecule has 3 aromatic rings. The number of allylic oxidation sites excluding steroid dienone is 1. The summed E-state index contributed by atoms with van der Waals surface area (Å²) in [5.41, 5.74) is 3.52. The highest BCUT2D eigenvalue weighted by molar-refractivity contribution is 9.10. The van der Waals surface area contributed by atoms with Crippen LogP contribution >= 0.6 is 27.3 Å². The van der Waals surface area contributed by atoms with Crippen molar-refractivity contribution in [2.45, 2.75) is 19.9 Å². The highest BCUT2D eigenvalue weighted by atomic mass is 79.9. The highest BCUT2D eigenvalue weighted by Gasteiger charge is 2.33. The maximum absolute atomic E-state index is 13.6. The van der Waals surface area contributed by atoms with Crippen LogP contribution in [0.2, 0.25) is 0 Å². The topological polar surface area (TPSA) is 63.9 Å². The van der Waals surface area contributed by atoms with Crippen LogP contribution in [0.5, 0.6) is 0 Å². The monoisotopic (exact) mass is 525 g/mol. The molecule has 0 saturated carbocycles. The van der Waals surface area contributed by atoms with Crippen LogP contribution in [0.4, 0.5) is 5.69 Å². The van der Waals surface area contributed by atoms with E-state index in [2.05, 4.69) is 20.9 Å². The third kappa shape index (κ3) is 4.58. The quantitative estimate of drug-likeness (QED) is 0.477. The summed E-state index contributed by atoms with van der Waals surface area (Å²) in [4.78, 5) is 33.7. The average molecular weight is 526 g/mol. The normalized spacial score (nSPS) is 15.8. The van der Waals surface area contributed by atoms with Gasteiger partial charge >= 0.3 is 5.97 Å². The molecule has 2 heterocycles. The first-order valence-corrected chi connectivity index (χ1v) is 12.1. The number of rotatable bonds is 5. The Morgan fingerprint density at radius 2 is 1.97 bits per heavy atom. The number of ether oxygens (including phenoxy) is 1. The SMILES string of the molecule is CCOC(=O)C1=C(C)N=c2s/c(=C\c3cccc(Br)c3)c(=O)n2[C@H]1c1ccc(N(C)C)cc1. The van der Waals surface area contributed by atoms with Crippen molar-refractivity contribution in [3.63, 3.8) is 0 Å². The van der Waals surface area contributed by atoms with Crippen molar-refractivity contribution in [1.82, 2.24) is 4.57 Å². The summed E-state index contributed by atoms with van der Waals surface area (Å²) in [6, 6.07) is 15.0. The third-order valence-corrected chi connectivity index (χ3v) is 6.86. The van der Waals surface area contributed by atoms with Gasteiger partial charge in [-0.25, -0.2) is 9.79 Å². The molecule has 1 atom stereocenters. The molecule has 1 aromatic heterocycles. The van der Waals surface area contributed by atoms with Gasteiger partial charge in [-0.3, -0.25) is 9.36 Å². The summed E-state index contributed by atoms with van der Waals surface area (Å²) in [5, 5.41) is 0. The number of carbonyl (C=O) groups excluding carboxylic acids is 1. The van der Waals surface area contributed by atoms with E-state index in [1.54, 1.807) is 18.4 Å². The third-order valence-electron chi connectivity index (χ3n) is 5.39. The molecule has 4 rings (SSSR count). The molecule has 0 unspecified atom stereocenters. The lowest BCUT2D eigenvalue weighted by atomic mass is 9.95. The molecular weight excluding hydrogens is 502 g/mol. The van der Waals surface area contributed by atoms with Gasteiger partial charge in [0.15, 0.2) is 4.80 Å². The van der Waals surface area contributed by atoms with Crippen LogP contribution in [0.15, 0.2) is 74.1 Å². The molecule has 0 bridgehead atoms. The van der Waals surface area contributed by atoms with Crippen LogP contribution in [-0.4, -0.2) is 31.2 Å². The van der Waals surface area contributed by atoms with E-state index >= 15 is 0 Å². The van der Waals surface area contributed by atoms with Gasteiger partial charge in [-0.1, -0.05) is 51.5 Å². The van der Waals surface area contributed by atoms with Gasteiger partial charge in [-0.15, -0.1) is 0 Å². The number of hydrogen-bond donors (Lipinski definition) is 0. The molecule has 33 heavy (non-hydrogen) atoms. The molecule has 0 spiro atoms. The van der Waals surface area contributed by atoms with E-state index in [9.17, 15) is 9.59 Å². The summed E-state index contributed by atoms with van der Waals surface area (Å²) >= 11 is 4.79. The average Bonchev–Trinajstić information content (AvgIpc) is 3.07. The molecule has 2 aromatic carbocycles. The molecule has 0 fully saturated rings. The number of thiazole rings is 1. The Morgan fingerprint density at radius 3 is 2.61 bits per heavy atom. The van der Waals surface area contributed by atoms with E-state index in [1.165, 1.54) is 11.3 Å². The lowest BCUT2D eigenvalue weighted by Gasteiger charge is -2.25. The van der Waals surface area contributed by atoms with Crippen LogP contribution in [-0.2, 0) is 9.53 Å². The van der Waals surface area contributed by atoms with E-state index in [-0.39, 0.29) is 12.2 Å². The zero-order valence-corrected chi connectivity index (χ0v) is 21.2. The Bertz CT molecular complexity index is 1420. The summed E-state index contributed by atoms with van der Waals surface area (Å²) in [7, 11) is 3.93. The molecule has 1 aliphatic rings. The Balaban J connectivity index is 1.94. The number of aromatic nitrogens is 1. The summed E-state index contributed by atoms with van der Waals surface area (Å²) in [5.74, 6) is -0.457. The number of hydrogen-bond acceptors (Lipinski definition) is 6. The van der Waals surface area contributed by atoms with E-state index in [1.807, 2.05) is 73.6 Å². The van der Waals surface area contributed by atoms with E-state index in [4.69, 9.17) is 4.74 Å². The van der Waals surface area contributed by atoms with Crippen molar-refractivity contribution in [2.75, 3.05) is 25.6 Å². The van der Waals surface area contributed by atoms with Crippen LogP contribution in [0, 0.1) is 0 Å². The minimum atomic E-state index is -0.610. The first-order valence-electron chi connectivity index (χ1n) is 10.5. The van der Waals surface area contributed by atoms with Crippen LogP contribution in [0.3, 0.4) is 0 Å². The minimum absolute atomic E-state index is 0.185. The number of benzene rings is 2. The molecule has 0 saturated heterocycles.